The SMILES string of the molecule is BrC[C@H]1CC[C@@H]2[C@@H](OCc3ccccc3)[C@H](OCc3ccccc3)C[S+]12.O=S(=O)([O-])C(F)(F)F. The molecule has 0 radical (unpaired) electrons. The van der Waals surface area contributed by atoms with Gasteiger partial charge in [-0.3, -0.25) is 0 Å². The van der Waals surface area contributed by atoms with Crippen molar-refractivity contribution in [3.8, 4) is 0 Å². The van der Waals surface area contributed by atoms with Gasteiger partial charge in [-0.15, -0.1) is 0 Å². The minimum absolute atomic E-state index is 0.217. The molecular weight excluding hydrogens is 557 g/mol. The van der Waals surface area contributed by atoms with Gasteiger partial charge in [0.25, 0.3) is 0 Å². The number of hydrogen-bond donors (Lipinski definition) is 0. The Morgan fingerprint density at radius 1 is 0.941 bits per heavy atom. The first-order valence-corrected chi connectivity index (χ1v) is 14.7. The molecule has 0 aliphatic carbocycles. The van der Waals surface area contributed by atoms with Crippen LogP contribution in [0.1, 0.15) is 24.0 Å². The highest BCUT2D eigenvalue weighted by Gasteiger charge is 2.58. The van der Waals surface area contributed by atoms with E-state index in [-0.39, 0.29) is 12.2 Å². The minimum Gasteiger partial charge on any atom is -0.741 e. The van der Waals surface area contributed by atoms with Crippen LogP contribution in [0.25, 0.3) is 0 Å². The van der Waals surface area contributed by atoms with Crippen LogP contribution < -0.4 is 0 Å². The molecule has 2 aromatic carbocycles. The van der Waals surface area contributed by atoms with Crippen LogP contribution in [0.3, 0.4) is 0 Å². The van der Waals surface area contributed by atoms with E-state index in [1.807, 2.05) is 0 Å². The summed E-state index contributed by atoms with van der Waals surface area (Å²) < 4.78 is 71.8. The first kappa shape index (κ1) is 27.5. The van der Waals surface area contributed by atoms with Gasteiger partial charge in [0.2, 0.25) is 0 Å². The fourth-order valence-electron chi connectivity index (χ4n) is 4.08. The predicted molar refractivity (Wildman–Crippen MR) is 129 cm³/mol. The van der Waals surface area contributed by atoms with E-state index in [2.05, 4.69) is 76.6 Å². The van der Waals surface area contributed by atoms with E-state index < -0.39 is 15.6 Å². The molecule has 11 heteroatoms. The van der Waals surface area contributed by atoms with Crippen molar-refractivity contribution >= 4 is 36.9 Å². The molecule has 0 N–H and O–H groups in total. The molecule has 2 aromatic rings. The van der Waals surface area contributed by atoms with E-state index in [9.17, 15) is 13.2 Å². The van der Waals surface area contributed by atoms with Gasteiger partial charge in [-0.2, -0.15) is 13.2 Å². The molecule has 34 heavy (non-hydrogen) atoms. The molecule has 1 unspecified atom stereocenters. The smallest absolute Gasteiger partial charge is 0.485 e. The standard InChI is InChI=1S/C22H26BrO2S.CHF3O3S/c23-13-19-11-12-21-22(25-15-18-9-5-2-6-10-18)20(16-26(19)21)24-14-17-7-3-1-4-8-17;2-1(3,4)8(5,6)7/h1-10,19-22H,11-16H2;(H,5,6,7)/q+1;/p-1/t19-,20-,21-,22+,26?;/m1./s1. The van der Waals surface area contributed by atoms with E-state index in [1.54, 1.807) is 0 Å². The molecule has 0 bridgehead atoms. The summed E-state index contributed by atoms with van der Waals surface area (Å²) in [4.78, 5) is 0. The van der Waals surface area contributed by atoms with Gasteiger partial charge in [-0.25, -0.2) is 8.42 Å². The molecule has 2 saturated heterocycles. The van der Waals surface area contributed by atoms with Gasteiger partial charge in [0, 0.05) is 12.8 Å². The summed E-state index contributed by atoms with van der Waals surface area (Å²) in [6.45, 7) is 1.36. The maximum atomic E-state index is 10.7. The summed E-state index contributed by atoms with van der Waals surface area (Å²) in [5.74, 6) is 1.16. The Balaban J connectivity index is 0.000000350. The first-order chi connectivity index (χ1) is 16.1. The fourth-order valence-corrected chi connectivity index (χ4v) is 8.74. The van der Waals surface area contributed by atoms with Crippen molar-refractivity contribution in [2.45, 2.75) is 54.3 Å². The van der Waals surface area contributed by atoms with Crippen molar-refractivity contribution in [3.05, 3.63) is 71.8 Å². The number of hydrogen-bond acceptors (Lipinski definition) is 5. The third-order valence-electron chi connectivity index (χ3n) is 5.73. The van der Waals surface area contributed by atoms with Gasteiger partial charge in [-0.05, 0) is 22.0 Å². The summed E-state index contributed by atoms with van der Waals surface area (Å²) >= 11 is 3.73. The molecule has 0 amide bonds. The van der Waals surface area contributed by atoms with Crippen LogP contribution in [0.4, 0.5) is 13.2 Å². The van der Waals surface area contributed by atoms with Crippen molar-refractivity contribution < 1.29 is 35.6 Å². The summed E-state index contributed by atoms with van der Waals surface area (Å²) in [6, 6.07) is 21.0. The van der Waals surface area contributed by atoms with E-state index in [1.165, 1.54) is 24.0 Å². The van der Waals surface area contributed by atoms with Gasteiger partial charge in [-0.1, -0.05) is 76.6 Å². The van der Waals surface area contributed by atoms with Crippen molar-refractivity contribution in [2.24, 2.45) is 0 Å². The monoisotopic (exact) mass is 582 g/mol. The highest BCUT2D eigenvalue weighted by molar-refractivity contribution is 9.09. The summed E-state index contributed by atoms with van der Waals surface area (Å²) in [7, 11) is -5.67. The highest BCUT2D eigenvalue weighted by Crippen LogP contribution is 2.42. The third kappa shape index (κ3) is 7.44. The van der Waals surface area contributed by atoms with E-state index in [0.29, 0.717) is 29.4 Å². The van der Waals surface area contributed by atoms with E-state index >= 15 is 0 Å². The van der Waals surface area contributed by atoms with Crippen LogP contribution in [-0.4, -0.2) is 52.3 Å². The fraction of sp³-hybridized carbons (Fsp3) is 0.478. The normalized spacial score (nSPS) is 26.6. The summed E-state index contributed by atoms with van der Waals surface area (Å²) in [5, 5.41) is 2.58. The van der Waals surface area contributed by atoms with Gasteiger partial charge < -0.3 is 14.0 Å². The van der Waals surface area contributed by atoms with E-state index in [0.717, 1.165) is 16.3 Å². The first-order valence-electron chi connectivity index (χ1n) is 10.7. The number of halogens is 4. The zero-order valence-electron chi connectivity index (χ0n) is 18.2. The van der Waals surface area contributed by atoms with Crippen molar-refractivity contribution in [3.63, 3.8) is 0 Å². The Kier molecular flexibility index (Phi) is 9.88. The van der Waals surface area contributed by atoms with Crippen molar-refractivity contribution in [2.75, 3.05) is 11.1 Å². The maximum absolute atomic E-state index is 10.7. The zero-order valence-corrected chi connectivity index (χ0v) is 21.4. The largest absolute Gasteiger partial charge is 0.741 e. The van der Waals surface area contributed by atoms with Crippen LogP contribution in [0.2, 0.25) is 0 Å². The molecule has 2 aliphatic rings. The second-order valence-corrected chi connectivity index (χ2v) is 12.6. The number of ether oxygens (including phenoxy) is 2. The quantitative estimate of drug-likeness (QED) is 0.203. The Hall–Kier alpha value is -1.11. The van der Waals surface area contributed by atoms with Gasteiger partial charge in [0.1, 0.15) is 28.5 Å². The topological polar surface area (TPSA) is 75.7 Å². The van der Waals surface area contributed by atoms with Gasteiger partial charge in [0.05, 0.1) is 18.5 Å². The van der Waals surface area contributed by atoms with Gasteiger partial charge in [0.15, 0.2) is 10.1 Å². The summed E-state index contributed by atoms with van der Waals surface area (Å²) in [5.41, 5.74) is -3.16. The Morgan fingerprint density at radius 3 is 1.91 bits per heavy atom. The number of rotatable bonds is 7. The maximum Gasteiger partial charge on any atom is 0.485 e. The lowest BCUT2D eigenvalue weighted by molar-refractivity contribution is -0.0698. The third-order valence-corrected chi connectivity index (χ3v) is 10.8. The summed E-state index contributed by atoms with van der Waals surface area (Å²) in [6.07, 6.45) is 3.06. The molecule has 0 aromatic heterocycles. The van der Waals surface area contributed by atoms with Crippen LogP contribution in [0.5, 0.6) is 0 Å². The average Bonchev–Trinajstić information content (AvgIpc) is 3.35. The lowest BCUT2D eigenvalue weighted by atomic mass is 10.1. The number of benzene rings is 2. The molecule has 5 atom stereocenters. The minimum atomic E-state index is -6.09. The highest BCUT2D eigenvalue weighted by atomic mass is 79.9. The lowest BCUT2D eigenvalue weighted by Gasteiger charge is -2.21. The number of alkyl halides is 4. The Labute approximate surface area is 209 Å². The van der Waals surface area contributed by atoms with Crippen LogP contribution in [0.15, 0.2) is 60.7 Å². The molecule has 0 spiro atoms. The molecule has 2 fully saturated rings. The predicted octanol–water partition coefficient (Wildman–Crippen LogP) is 4.77. The van der Waals surface area contributed by atoms with E-state index in [4.69, 9.17) is 22.4 Å². The second-order valence-electron chi connectivity index (χ2n) is 8.02. The van der Waals surface area contributed by atoms with Crippen molar-refractivity contribution in [1.29, 1.82) is 0 Å². The second kappa shape index (κ2) is 12.2. The molecule has 188 valence electrons. The van der Waals surface area contributed by atoms with Crippen LogP contribution >= 0.6 is 15.9 Å². The zero-order chi connectivity index (χ0) is 24.8. The molecular formula is C23H26BrF3O5S2. The van der Waals surface area contributed by atoms with Crippen LogP contribution in [-0.2, 0) is 43.7 Å². The van der Waals surface area contributed by atoms with Crippen LogP contribution in [0, 0.1) is 0 Å². The van der Waals surface area contributed by atoms with Gasteiger partial charge >= 0.3 is 5.51 Å². The molecule has 4 rings (SSSR count). The van der Waals surface area contributed by atoms with Crippen molar-refractivity contribution in [1.82, 2.24) is 0 Å². The Morgan fingerprint density at radius 2 is 1.44 bits per heavy atom. The number of fused-ring (bicyclic) bond motifs is 1. The average molecular weight is 583 g/mol. The molecule has 2 aliphatic heterocycles. The Bertz CT molecular complexity index is 993. The molecule has 2 heterocycles. The lowest BCUT2D eigenvalue weighted by Crippen LogP contribution is -2.34. The molecule has 0 saturated carbocycles. The molecule has 5 nitrogen and oxygen atoms in total.